The number of likely N-dealkylation sites (tertiary alicyclic amines) is 1. The predicted octanol–water partition coefficient (Wildman–Crippen LogP) is 2.41. The molecule has 1 saturated heterocycles. The van der Waals surface area contributed by atoms with Gasteiger partial charge in [-0.05, 0) is 43.2 Å². The van der Waals surface area contributed by atoms with Crippen LogP contribution in [-0.4, -0.2) is 60.8 Å². The van der Waals surface area contributed by atoms with Gasteiger partial charge < -0.3 is 24.7 Å². The molecule has 0 spiro atoms. The summed E-state index contributed by atoms with van der Waals surface area (Å²) in [5.74, 6) is 0.988. The van der Waals surface area contributed by atoms with E-state index in [0.717, 1.165) is 43.5 Å². The molecule has 1 aromatic heterocycles. The van der Waals surface area contributed by atoms with Crippen molar-refractivity contribution in [1.29, 1.82) is 0 Å². The number of ether oxygens (including phenoxy) is 2. The van der Waals surface area contributed by atoms with Crippen LogP contribution < -0.4 is 20.5 Å². The molecule has 0 aliphatic carbocycles. The Balaban J connectivity index is 1.28. The fourth-order valence-electron chi connectivity index (χ4n) is 4.24. The van der Waals surface area contributed by atoms with Gasteiger partial charge in [-0.25, -0.2) is 4.79 Å². The summed E-state index contributed by atoms with van der Waals surface area (Å²) >= 11 is 0. The Morgan fingerprint density at radius 3 is 2.58 bits per heavy atom. The lowest BCUT2D eigenvalue weighted by Crippen LogP contribution is -2.41. The Labute approximate surface area is 180 Å². The van der Waals surface area contributed by atoms with Gasteiger partial charge in [0.05, 0.1) is 25.3 Å². The first-order chi connectivity index (χ1) is 15.1. The van der Waals surface area contributed by atoms with Crippen molar-refractivity contribution in [3.8, 4) is 11.5 Å². The molecule has 0 radical (unpaired) electrons. The van der Waals surface area contributed by atoms with Crippen molar-refractivity contribution in [2.75, 3.05) is 40.4 Å². The van der Waals surface area contributed by atoms with Crippen molar-refractivity contribution in [3.63, 3.8) is 0 Å². The number of rotatable bonds is 7. The summed E-state index contributed by atoms with van der Waals surface area (Å²) in [4.78, 5) is 30.1. The number of imidazole rings is 1. The van der Waals surface area contributed by atoms with E-state index < -0.39 is 0 Å². The molecular weight excluding hydrogens is 396 g/mol. The van der Waals surface area contributed by atoms with Gasteiger partial charge in [0, 0.05) is 37.8 Å². The first-order valence-electron chi connectivity index (χ1n) is 10.5. The van der Waals surface area contributed by atoms with Crippen molar-refractivity contribution in [1.82, 2.24) is 19.8 Å². The van der Waals surface area contributed by atoms with E-state index in [2.05, 4.69) is 15.2 Å². The van der Waals surface area contributed by atoms with Gasteiger partial charge in [-0.1, -0.05) is 12.1 Å². The lowest BCUT2D eigenvalue weighted by molar-refractivity contribution is 0.0944. The van der Waals surface area contributed by atoms with E-state index in [-0.39, 0.29) is 17.6 Å². The third kappa shape index (κ3) is 4.44. The number of piperidine rings is 1. The van der Waals surface area contributed by atoms with Gasteiger partial charge in [0.1, 0.15) is 0 Å². The standard InChI is InChI=1S/C23H28N4O4/c1-30-20-8-7-16(15-21(20)31-2)22(28)24-11-14-26-12-9-17(10-13-26)27-19-6-4-3-5-18(19)25-23(27)29/h3-8,15,17H,9-14H2,1-2H3,(H,24,28)(H,25,29). The highest BCUT2D eigenvalue weighted by Crippen LogP contribution is 2.27. The highest BCUT2D eigenvalue weighted by Gasteiger charge is 2.23. The molecule has 0 bridgehead atoms. The highest BCUT2D eigenvalue weighted by molar-refractivity contribution is 5.94. The number of hydrogen-bond donors (Lipinski definition) is 2. The Morgan fingerprint density at radius 2 is 1.84 bits per heavy atom. The topological polar surface area (TPSA) is 88.6 Å². The van der Waals surface area contributed by atoms with Crippen LogP contribution in [0.4, 0.5) is 0 Å². The normalized spacial score (nSPS) is 15.2. The number of hydrogen-bond acceptors (Lipinski definition) is 5. The zero-order valence-corrected chi connectivity index (χ0v) is 17.9. The fraction of sp³-hybridized carbons (Fsp3) is 0.391. The number of methoxy groups -OCH3 is 2. The van der Waals surface area contributed by atoms with E-state index in [9.17, 15) is 9.59 Å². The van der Waals surface area contributed by atoms with Crippen molar-refractivity contribution in [3.05, 3.63) is 58.5 Å². The fourth-order valence-corrected chi connectivity index (χ4v) is 4.24. The van der Waals surface area contributed by atoms with Crippen molar-refractivity contribution in [2.45, 2.75) is 18.9 Å². The van der Waals surface area contributed by atoms with Crippen LogP contribution >= 0.6 is 0 Å². The summed E-state index contributed by atoms with van der Waals surface area (Å²) in [7, 11) is 3.11. The maximum Gasteiger partial charge on any atom is 0.326 e. The number of H-pyrrole nitrogens is 1. The maximum atomic E-state index is 12.5. The summed E-state index contributed by atoms with van der Waals surface area (Å²) in [5, 5.41) is 2.97. The number of amides is 1. The minimum atomic E-state index is -0.138. The number of carbonyl (C=O) groups excluding carboxylic acids is 1. The minimum Gasteiger partial charge on any atom is -0.493 e. The maximum absolute atomic E-state index is 12.5. The summed E-state index contributed by atoms with van der Waals surface area (Å²) in [6, 6.07) is 13.1. The van der Waals surface area contributed by atoms with E-state index in [0.29, 0.717) is 23.6 Å². The Hall–Kier alpha value is -3.26. The second-order valence-electron chi connectivity index (χ2n) is 7.72. The highest BCUT2D eigenvalue weighted by atomic mass is 16.5. The summed E-state index contributed by atoms with van der Waals surface area (Å²) in [5.41, 5.74) is 2.35. The summed E-state index contributed by atoms with van der Waals surface area (Å²) in [6.07, 6.45) is 1.82. The molecule has 8 heteroatoms. The van der Waals surface area contributed by atoms with Gasteiger partial charge in [-0.2, -0.15) is 0 Å². The molecule has 31 heavy (non-hydrogen) atoms. The van der Waals surface area contributed by atoms with Gasteiger partial charge in [0.15, 0.2) is 11.5 Å². The quantitative estimate of drug-likeness (QED) is 0.608. The SMILES string of the molecule is COc1ccc(C(=O)NCCN2CCC(n3c(=O)[nH]c4ccccc43)CC2)cc1OC. The number of carbonyl (C=O) groups is 1. The lowest BCUT2D eigenvalue weighted by atomic mass is 10.0. The third-order valence-corrected chi connectivity index (χ3v) is 5.91. The molecular formula is C23H28N4O4. The average molecular weight is 425 g/mol. The van der Waals surface area contributed by atoms with Crippen molar-refractivity contribution < 1.29 is 14.3 Å². The van der Waals surface area contributed by atoms with Crippen LogP contribution in [0.15, 0.2) is 47.3 Å². The molecule has 1 aliphatic rings. The Bertz CT molecular complexity index is 1110. The number of nitrogens with one attached hydrogen (secondary N) is 2. The van der Waals surface area contributed by atoms with Crippen LogP contribution in [-0.2, 0) is 0 Å². The molecule has 1 fully saturated rings. The Kier molecular flexibility index (Phi) is 6.27. The van der Waals surface area contributed by atoms with Crippen LogP contribution in [0.3, 0.4) is 0 Å². The predicted molar refractivity (Wildman–Crippen MR) is 119 cm³/mol. The molecule has 8 nitrogen and oxygen atoms in total. The zero-order chi connectivity index (χ0) is 21.8. The number of fused-ring (bicyclic) bond motifs is 1. The van der Waals surface area contributed by atoms with E-state index in [1.165, 1.54) is 0 Å². The third-order valence-electron chi connectivity index (χ3n) is 5.91. The van der Waals surface area contributed by atoms with E-state index in [4.69, 9.17) is 9.47 Å². The smallest absolute Gasteiger partial charge is 0.326 e. The van der Waals surface area contributed by atoms with E-state index in [1.807, 2.05) is 28.8 Å². The molecule has 2 heterocycles. The lowest BCUT2D eigenvalue weighted by Gasteiger charge is -2.32. The van der Waals surface area contributed by atoms with Crippen LogP contribution in [0.5, 0.6) is 11.5 Å². The first kappa shape index (κ1) is 21.0. The van der Waals surface area contributed by atoms with Crippen LogP contribution in [0.2, 0.25) is 0 Å². The number of benzene rings is 2. The summed E-state index contributed by atoms with van der Waals surface area (Å²) < 4.78 is 12.4. The number of aromatic nitrogens is 2. The average Bonchev–Trinajstić information content (AvgIpc) is 3.14. The molecule has 3 aromatic rings. The van der Waals surface area contributed by atoms with E-state index >= 15 is 0 Å². The van der Waals surface area contributed by atoms with Gasteiger partial charge in [0.25, 0.3) is 5.91 Å². The number of para-hydroxylation sites is 2. The Morgan fingerprint density at radius 1 is 1.10 bits per heavy atom. The van der Waals surface area contributed by atoms with E-state index in [1.54, 1.807) is 32.4 Å². The van der Waals surface area contributed by atoms with Gasteiger partial charge in [0.2, 0.25) is 0 Å². The molecule has 0 unspecified atom stereocenters. The first-order valence-corrected chi connectivity index (χ1v) is 10.5. The summed E-state index contributed by atoms with van der Waals surface area (Å²) in [6.45, 7) is 3.12. The largest absolute Gasteiger partial charge is 0.493 e. The minimum absolute atomic E-state index is 0.0400. The molecule has 2 N–H and O–H groups in total. The van der Waals surface area contributed by atoms with Crippen LogP contribution in [0.1, 0.15) is 29.2 Å². The molecule has 0 atom stereocenters. The van der Waals surface area contributed by atoms with Gasteiger partial charge in [-0.3, -0.25) is 9.36 Å². The second-order valence-corrected chi connectivity index (χ2v) is 7.72. The molecule has 4 rings (SSSR count). The molecule has 164 valence electrons. The zero-order valence-electron chi connectivity index (χ0n) is 17.9. The number of nitrogens with zero attached hydrogens (tertiary/aromatic N) is 2. The molecule has 1 aliphatic heterocycles. The van der Waals surface area contributed by atoms with Gasteiger partial charge in [-0.15, -0.1) is 0 Å². The monoisotopic (exact) mass is 424 g/mol. The van der Waals surface area contributed by atoms with Crippen LogP contribution in [0.25, 0.3) is 11.0 Å². The molecule has 2 aromatic carbocycles. The second kappa shape index (κ2) is 9.26. The van der Waals surface area contributed by atoms with Crippen molar-refractivity contribution >= 4 is 16.9 Å². The molecule has 0 saturated carbocycles. The van der Waals surface area contributed by atoms with Crippen LogP contribution in [0, 0.1) is 0 Å². The molecule has 1 amide bonds. The van der Waals surface area contributed by atoms with Crippen molar-refractivity contribution in [2.24, 2.45) is 0 Å². The van der Waals surface area contributed by atoms with Gasteiger partial charge >= 0.3 is 5.69 Å². The number of aromatic amines is 1.